The lowest BCUT2D eigenvalue weighted by Gasteiger charge is -2.08. The number of pyridine rings is 1. The van der Waals surface area contributed by atoms with Gasteiger partial charge in [0.1, 0.15) is 5.75 Å². The van der Waals surface area contributed by atoms with Crippen LogP contribution in [0.15, 0.2) is 18.3 Å². The number of nitrogens with two attached hydrogens (primary N) is 1. The zero-order valence-electron chi connectivity index (χ0n) is 8.86. The maximum Gasteiger partial charge on any atom is 0.122 e. The Labute approximate surface area is 85.3 Å². The van der Waals surface area contributed by atoms with Crippen molar-refractivity contribution in [1.82, 2.24) is 4.98 Å². The fourth-order valence-corrected chi connectivity index (χ4v) is 1.26. The van der Waals surface area contributed by atoms with Crippen molar-refractivity contribution < 1.29 is 4.74 Å². The monoisotopic (exact) mass is 194 g/mol. The van der Waals surface area contributed by atoms with Crippen molar-refractivity contribution in [2.45, 2.75) is 20.3 Å². The first-order valence-electron chi connectivity index (χ1n) is 5.04. The van der Waals surface area contributed by atoms with Crippen LogP contribution in [0.25, 0.3) is 0 Å². The van der Waals surface area contributed by atoms with Crippen LogP contribution < -0.4 is 10.5 Å². The minimum atomic E-state index is 0.472. The van der Waals surface area contributed by atoms with Crippen molar-refractivity contribution in [2.24, 2.45) is 11.7 Å². The van der Waals surface area contributed by atoms with Crippen LogP contribution in [0.5, 0.6) is 5.75 Å². The van der Waals surface area contributed by atoms with Gasteiger partial charge < -0.3 is 10.5 Å². The van der Waals surface area contributed by atoms with Gasteiger partial charge in [-0.2, -0.15) is 0 Å². The molecule has 0 aromatic carbocycles. The molecule has 0 aliphatic carbocycles. The smallest absolute Gasteiger partial charge is 0.122 e. The first-order valence-corrected chi connectivity index (χ1v) is 5.04. The maximum atomic E-state index is 5.56. The highest BCUT2D eigenvalue weighted by Gasteiger charge is 2.03. The molecule has 1 unspecified atom stereocenters. The lowest BCUT2D eigenvalue weighted by Crippen LogP contribution is -2.13. The number of rotatable bonds is 5. The lowest BCUT2D eigenvalue weighted by atomic mass is 10.1. The molecule has 3 heteroatoms. The minimum Gasteiger partial charge on any atom is -0.494 e. The first-order chi connectivity index (χ1) is 6.76. The topological polar surface area (TPSA) is 48.1 Å². The Morgan fingerprint density at radius 2 is 2.36 bits per heavy atom. The molecule has 1 heterocycles. The van der Waals surface area contributed by atoms with Gasteiger partial charge in [-0.25, -0.2) is 0 Å². The van der Waals surface area contributed by atoms with Crippen molar-refractivity contribution in [3.8, 4) is 5.75 Å². The summed E-state index contributed by atoms with van der Waals surface area (Å²) in [7, 11) is 0. The van der Waals surface area contributed by atoms with E-state index in [0.717, 1.165) is 17.9 Å². The van der Waals surface area contributed by atoms with Gasteiger partial charge in [-0.3, -0.25) is 4.98 Å². The van der Waals surface area contributed by atoms with Crippen LogP contribution >= 0.6 is 0 Å². The van der Waals surface area contributed by atoms with E-state index in [2.05, 4.69) is 11.9 Å². The molecule has 1 aromatic heterocycles. The van der Waals surface area contributed by atoms with Crippen molar-refractivity contribution in [2.75, 3.05) is 13.2 Å². The van der Waals surface area contributed by atoms with E-state index in [0.29, 0.717) is 19.1 Å². The number of aromatic nitrogens is 1. The van der Waals surface area contributed by atoms with E-state index in [-0.39, 0.29) is 0 Å². The van der Waals surface area contributed by atoms with Crippen LogP contribution in [0.1, 0.15) is 19.5 Å². The Morgan fingerprint density at radius 1 is 1.57 bits per heavy atom. The van der Waals surface area contributed by atoms with Gasteiger partial charge in [-0.05, 0) is 31.9 Å². The molecule has 78 valence electrons. The van der Waals surface area contributed by atoms with Crippen LogP contribution in [-0.4, -0.2) is 18.1 Å². The molecule has 0 aliphatic rings. The fourth-order valence-electron chi connectivity index (χ4n) is 1.26. The predicted octanol–water partition coefficient (Wildman–Crippen LogP) is 1.62. The molecule has 3 nitrogen and oxygen atoms in total. The zero-order chi connectivity index (χ0) is 10.4. The van der Waals surface area contributed by atoms with Crippen LogP contribution in [0.3, 0.4) is 0 Å². The van der Waals surface area contributed by atoms with Gasteiger partial charge in [0, 0.05) is 18.0 Å². The molecule has 0 fully saturated rings. The number of hydrogen-bond donors (Lipinski definition) is 1. The summed E-state index contributed by atoms with van der Waals surface area (Å²) in [6, 6.07) is 3.86. The third kappa shape index (κ3) is 3.34. The van der Waals surface area contributed by atoms with Gasteiger partial charge in [-0.1, -0.05) is 6.92 Å². The summed E-state index contributed by atoms with van der Waals surface area (Å²) < 4.78 is 5.39. The maximum absolute atomic E-state index is 5.56. The van der Waals surface area contributed by atoms with E-state index in [1.807, 2.05) is 19.1 Å². The first kappa shape index (κ1) is 11.0. The molecular formula is C11H18N2O. The molecule has 14 heavy (non-hydrogen) atoms. The van der Waals surface area contributed by atoms with Crippen molar-refractivity contribution in [3.63, 3.8) is 0 Å². The fraction of sp³-hybridized carbons (Fsp3) is 0.545. The van der Waals surface area contributed by atoms with Crippen LogP contribution in [0.2, 0.25) is 0 Å². The number of ether oxygens (including phenoxy) is 1. The molecule has 0 spiro atoms. The molecule has 1 aromatic rings. The van der Waals surface area contributed by atoms with Crippen LogP contribution in [-0.2, 0) is 6.42 Å². The van der Waals surface area contributed by atoms with E-state index in [4.69, 9.17) is 10.5 Å². The summed E-state index contributed by atoms with van der Waals surface area (Å²) in [5.41, 5.74) is 6.61. The normalized spacial score (nSPS) is 12.5. The second kappa shape index (κ2) is 5.60. The quantitative estimate of drug-likeness (QED) is 0.774. The van der Waals surface area contributed by atoms with E-state index >= 15 is 0 Å². The number of nitrogens with zero attached hydrogens (tertiary/aromatic N) is 1. The highest BCUT2D eigenvalue weighted by atomic mass is 16.5. The van der Waals surface area contributed by atoms with E-state index in [9.17, 15) is 0 Å². The molecule has 0 saturated carbocycles. The molecule has 1 atom stereocenters. The number of hydrogen-bond acceptors (Lipinski definition) is 3. The summed E-state index contributed by atoms with van der Waals surface area (Å²) in [5.74, 6) is 1.36. The van der Waals surface area contributed by atoms with Gasteiger partial charge in [0.2, 0.25) is 0 Å². The van der Waals surface area contributed by atoms with Gasteiger partial charge in [0.05, 0.1) is 6.61 Å². The summed E-state index contributed by atoms with van der Waals surface area (Å²) in [6.45, 7) is 5.48. The molecule has 1 rings (SSSR count). The molecular weight excluding hydrogens is 176 g/mol. The predicted molar refractivity (Wildman–Crippen MR) is 57.3 cm³/mol. The molecule has 2 N–H and O–H groups in total. The average molecular weight is 194 g/mol. The van der Waals surface area contributed by atoms with Crippen LogP contribution in [0, 0.1) is 5.92 Å². The van der Waals surface area contributed by atoms with E-state index < -0.39 is 0 Å². The molecule has 0 bridgehead atoms. The Bertz CT molecular complexity index is 276. The van der Waals surface area contributed by atoms with Crippen molar-refractivity contribution in [3.05, 3.63) is 24.0 Å². The Morgan fingerprint density at radius 3 is 3.00 bits per heavy atom. The molecule has 0 amide bonds. The second-order valence-corrected chi connectivity index (χ2v) is 3.46. The highest BCUT2D eigenvalue weighted by Crippen LogP contribution is 2.13. The van der Waals surface area contributed by atoms with Gasteiger partial charge >= 0.3 is 0 Å². The summed E-state index contributed by atoms with van der Waals surface area (Å²) >= 11 is 0. The minimum absolute atomic E-state index is 0.472. The zero-order valence-corrected chi connectivity index (χ0v) is 8.86. The molecule has 0 radical (unpaired) electrons. The van der Waals surface area contributed by atoms with E-state index in [1.165, 1.54) is 0 Å². The van der Waals surface area contributed by atoms with Gasteiger partial charge in [0.15, 0.2) is 0 Å². The summed E-state index contributed by atoms with van der Waals surface area (Å²) in [6.07, 6.45) is 2.70. The standard InChI is InChI=1S/C11H18N2O/c1-3-14-11-4-5-13-10(7-11)6-9(2)8-12/h4-5,7,9H,3,6,8,12H2,1-2H3. The highest BCUT2D eigenvalue weighted by molar-refractivity contribution is 5.22. The second-order valence-electron chi connectivity index (χ2n) is 3.46. The van der Waals surface area contributed by atoms with Gasteiger partial charge in [-0.15, -0.1) is 0 Å². The SMILES string of the molecule is CCOc1ccnc(CC(C)CN)c1. The largest absolute Gasteiger partial charge is 0.494 e. The summed E-state index contributed by atoms with van der Waals surface area (Å²) in [5, 5.41) is 0. The summed E-state index contributed by atoms with van der Waals surface area (Å²) in [4.78, 5) is 4.27. The Balaban J connectivity index is 2.63. The van der Waals surface area contributed by atoms with Crippen molar-refractivity contribution in [1.29, 1.82) is 0 Å². The van der Waals surface area contributed by atoms with E-state index in [1.54, 1.807) is 6.20 Å². The third-order valence-electron chi connectivity index (χ3n) is 2.06. The third-order valence-corrected chi connectivity index (χ3v) is 2.06. The van der Waals surface area contributed by atoms with Gasteiger partial charge in [0.25, 0.3) is 0 Å². The lowest BCUT2D eigenvalue weighted by molar-refractivity contribution is 0.339. The van der Waals surface area contributed by atoms with Crippen LogP contribution in [0.4, 0.5) is 0 Å². The Hall–Kier alpha value is -1.09. The average Bonchev–Trinajstić information content (AvgIpc) is 2.19. The Kier molecular flexibility index (Phi) is 4.40. The molecule has 0 saturated heterocycles. The van der Waals surface area contributed by atoms with Crippen molar-refractivity contribution >= 4 is 0 Å². The molecule has 0 aliphatic heterocycles.